The van der Waals surface area contributed by atoms with E-state index in [1.807, 2.05) is 30.3 Å². The van der Waals surface area contributed by atoms with Gasteiger partial charge in [0.05, 0.1) is 0 Å². The van der Waals surface area contributed by atoms with Crippen molar-refractivity contribution in [2.75, 3.05) is 0 Å². The van der Waals surface area contributed by atoms with E-state index in [-0.39, 0.29) is 0 Å². The number of rotatable bonds is 3. The molecular weight excluding hydrogens is 184 g/mol. The van der Waals surface area contributed by atoms with Crippen LogP contribution in [-0.4, -0.2) is 6.10 Å². The van der Waals surface area contributed by atoms with Crippen LogP contribution in [0.15, 0.2) is 49.1 Å². The molecule has 0 spiro atoms. The van der Waals surface area contributed by atoms with Crippen molar-refractivity contribution in [1.29, 1.82) is 0 Å². The average Bonchev–Trinajstić information content (AvgIpc) is 2.31. The molecule has 78 valence electrons. The minimum absolute atomic E-state index is 0.308. The van der Waals surface area contributed by atoms with Crippen molar-refractivity contribution >= 4 is 5.76 Å². The minimum atomic E-state index is 0.308. The van der Waals surface area contributed by atoms with Gasteiger partial charge in [0.25, 0.3) is 0 Å². The fourth-order valence-electron chi connectivity index (χ4n) is 1.77. The van der Waals surface area contributed by atoms with E-state index in [1.165, 1.54) is 0 Å². The fourth-order valence-corrected chi connectivity index (χ4v) is 1.77. The highest BCUT2D eigenvalue weighted by molar-refractivity contribution is 5.57. The molecule has 1 aliphatic rings. The molecule has 15 heavy (non-hydrogen) atoms. The second-order valence-corrected chi connectivity index (χ2v) is 3.81. The van der Waals surface area contributed by atoms with Gasteiger partial charge in [0.15, 0.2) is 0 Å². The molecular formula is C14H16O. The van der Waals surface area contributed by atoms with Gasteiger partial charge in [0.2, 0.25) is 0 Å². The molecule has 0 amide bonds. The van der Waals surface area contributed by atoms with Crippen LogP contribution in [0, 0.1) is 0 Å². The van der Waals surface area contributed by atoms with E-state index < -0.39 is 0 Å². The molecule has 1 nitrogen and oxygen atoms in total. The van der Waals surface area contributed by atoms with Crippen LogP contribution >= 0.6 is 0 Å². The molecule has 0 aromatic heterocycles. The molecule has 0 bridgehead atoms. The molecule has 1 heteroatoms. The van der Waals surface area contributed by atoms with Crippen molar-refractivity contribution in [2.24, 2.45) is 0 Å². The number of benzene rings is 1. The molecule has 1 aromatic carbocycles. The molecule has 1 aromatic rings. The van der Waals surface area contributed by atoms with E-state index in [0.29, 0.717) is 6.10 Å². The lowest BCUT2D eigenvalue weighted by atomic mass is 10.0. The molecule has 0 fully saturated rings. The number of hydrogen-bond donors (Lipinski definition) is 0. The highest BCUT2D eigenvalue weighted by Crippen LogP contribution is 2.21. The van der Waals surface area contributed by atoms with Crippen molar-refractivity contribution in [3.63, 3.8) is 0 Å². The van der Waals surface area contributed by atoms with Crippen molar-refractivity contribution in [2.45, 2.75) is 25.4 Å². The maximum atomic E-state index is 5.83. The van der Waals surface area contributed by atoms with E-state index in [1.54, 1.807) is 0 Å². The minimum Gasteiger partial charge on any atom is -0.490 e. The summed E-state index contributed by atoms with van der Waals surface area (Å²) in [6, 6.07) is 10.1. The first-order valence-corrected chi connectivity index (χ1v) is 5.42. The SMILES string of the molecule is C=C(OC1CC=CCC1)c1ccccc1. The fraction of sp³-hybridized carbons (Fsp3) is 0.286. The number of ether oxygens (including phenoxy) is 1. The van der Waals surface area contributed by atoms with Gasteiger partial charge in [-0.1, -0.05) is 49.1 Å². The number of allylic oxidation sites excluding steroid dienone is 1. The van der Waals surface area contributed by atoms with Gasteiger partial charge < -0.3 is 4.74 Å². The van der Waals surface area contributed by atoms with Crippen LogP contribution in [0.25, 0.3) is 5.76 Å². The first-order valence-electron chi connectivity index (χ1n) is 5.42. The van der Waals surface area contributed by atoms with Crippen LogP contribution in [0.3, 0.4) is 0 Å². The van der Waals surface area contributed by atoms with Crippen molar-refractivity contribution in [1.82, 2.24) is 0 Å². The zero-order valence-electron chi connectivity index (χ0n) is 8.86. The van der Waals surface area contributed by atoms with Crippen molar-refractivity contribution in [3.8, 4) is 0 Å². The third-order valence-electron chi connectivity index (χ3n) is 2.63. The summed E-state index contributed by atoms with van der Waals surface area (Å²) >= 11 is 0. The summed E-state index contributed by atoms with van der Waals surface area (Å²) in [7, 11) is 0. The monoisotopic (exact) mass is 200 g/mol. The largest absolute Gasteiger partial charge is 0.490 e. The predicted octanol–water partition coefficient (Wildman–Crippen LogP) is 3.78. The Morgan fingerprint density at radius 2 is 2.00 bits per heavy atom. The Kier molecular flexibility index (Phi) is 3.23. The summed E-state index contributed by atoms with van der Waals surface area (Å²) in [5.74, 6) is 0.788. The summed E-state index contributed by atoms with van der Waals surface area (Å²) in [4.78, 5) is 0. The second-order valence-electron chi connectivity index (χ2n) is 3.81. The molecule has 0 heterocycles. The Bertz CT molecular complexity index is 351. The first-order chi connectivity index (χ1) is 7.36. The predicted molar refractivity (Wildman–Crippen MR) is 63.3 cm³/mol. The van der Waals surface area contributed by atoms with Gasteiger partial charge in [-0.3, -0.25) is 0 Å². The van der Waals surface area contributed by atoms with Crippen LogP contribution in [0.5, 0.6) is 0 Å². The maximum Gasteiger partial charge on any atom is 0.119 e. The Morgan fingerprint density at radius 3 is 2.67 bits per heavy atom. The van der Waals surface area contributed by atoms with Crippen LogP contribution in [-0.2, 0) is 4.74 Å². The van der Waals surface area contributed by atoms with Gasteiger partial charge in [-0.2, -0.15) is 0 Å². The van der Waals surface area contributed by atoms with Gasteiger partial charge in [0, 0.05) is 12.0 Å². The molecule has 0 saturated carbocycles. The molecule has 1 aliphatic carbocycles. The highest BCUT2D eigenvalue weighted by Gasteiger charge is 2.12. The quantitative estimate of drug-likeness (QED) is 0.533. The zero-order valence-corrected chi connectivity index (χ0v) is 8.86. The summed E-state index contributed by atoms with van der Waals surface area (Å²) in [5.41, 5.74) is 1.08. The summed E-state index contributed by atoms with van der Waals surface area (Å²) < 4.78 is 5.83. The number of hydrogen-bond acceptors (Lipinski definition) is 1. The summed E-state index contributed by atoms with van der Waals surface area (Å²) in [5, 5.41) is 0. The van der Waals surface area contributed by atoms with E-state index >= 15 is 0 Å². The molecule has 1 atom stereocenters. The van der Waals surface area contributed by atoms with Crippen LogP contribution in [0.2, 0.25) is 0 Å². The van der Waals surface area contributed by atoms with Gasteiger partial charge in [0.1, 0.15) is 11.9 Å². The molecule has 1 unspecified atom stereocenters. The molecule has 2 rings (SSSR count). The van der Waals surface area contributed by atoms with Crippen LogP contribution in [0.4, 0.5) is 0 Å². The average molecular weight is 200 g/mol. The van der Waals surface area contributed by atoms with Crippen molar-refractivity contribution in [3.05, 3.63) is 54.6 Å². The van der Waals surface area contributed by atoms with Gasteiger partial charge in [-0.25, -0.2) is 0 Å². The lowest BCUT2D eigenvalue weighted by Gasteiger charge is -2.21. The maximum absolute atomic E-state index is 5.83. The lowest BCUT2D eigenvalue weighted by molar-refractivity contribution is 0.157. The normalized spacial score (nSPS) is 19.9. The second kappa shape index (κ2) is 4.83. The summed E-state index contributed by atoms with van der Waals surface area (Å²) in [6.45, 7) is 3.97. The highest BCUT2D eigenvalue weighted by atomic mass is 16.5. The molecule has 0 radical (unpaired) electrons. The third kappa shape index (κ3) is 2.72. The lowest BCUT2D eigenvalue weighted by Crippen LogP contribution is -2.12. The van der Waals surface area contributed by atoms with Crippen molar-refractivity contribution < 1.29 is 4.74 Å². The first kappa shape index (κ1) is 10.0. The Morgan fingerprint density at radius 1 is 1.20 bits per heavy atom. The van der Waals surface area contributed by atoms with E-state index in [0.717, 1.165) is 30.6 Å². The van der Waals surface area contributed by atoms with Crippen LogP contribution < -0.4 is 0 Å². The van der Waals surface area contributed by atoms with Gasteiger partial charge >= 0.3 is 0 Å². The van der Waals surface area contributed by atoms with E-state index in [2.05, 4.69) is 18.7 Å². The van der Waals surface area contributed by atoms with E-state index in [9.17, 15) is 0 Å². The summed E-state index contributed by atoms with van der Waals surface area (Å²) in [6.07, 6.45) is 7.93. The third-order valence-corrected chi connectivity index (χ3v) is 2.63. The Hall–Kier alpha value is -1.50. The molecule has 0 saturated heterocycles. The topological polar surface area (TPSA) is 9.23 Å². The molecule has 0 aliphatic heterocycles. The van der Waals surface area contributed by atoms with E-state index in [4.69, 9.17) is 4.74 Å². The Labute approximate surface area is 91.1 Å². The standard InChI is InChI=1S/C14H16O/c1-12(13-8-4-2-5-9-13)15-14-10-6-3-7-11-14/h2-6,8-9,14H,1,7,10-11H2. The smallest absolute Gasteiger partial charge is 0.119 e. The molecule has 0 N–H and O–H groups in total. The zero-order chi connectivity index (χ0) is 10.5. The van der Waals surface area contributed by atoms with Gasteiger partial charge in [-0.15, -0.1) is 0 Å². The Balaban J connectivity index is 1.95. The van der Waals surface area contributed by atoms with Gasteiger partial charge in [-0.05, 0) is 12.8 Å². The van der Waals surface area contributed by atoms with Crippen LogP contribution in [0.1, 0.15) is 24.8 Å².